The lowest BCUT2D eigenvalue weighted by molar-refractivity contribution is -0.146. The van der Waals surface area contributed by atoms with E-state index < -0.39 is 11.9 Å². The number of hydrogen-bond acceptors (Lipinski definition) is 6. The zero-order valence-corrected chi connectivity index (χ0v) is 12.8. The zero-order chi connectivity index (χ0) is 15.8. The van der Waals surface area contributed by atoms with Crippen LogP contribution in [-0.4, -0.2) is 37.2 Å². The molecular weight excluding hydrogens is 272 g/mol. The van der Waals surface area contributed by atoms with Crippen LogP contribution in [0.3, 0.4) is 0 Å². The molecule has 1 aromatic heterocycles. The molecule has 0 bridgehead atoms. The van der Waals surface area contributed by atoms with Gasteiger partial charge in [0.25, 0.3) is 0 Å². The quantitative estimate of drug-likeness (QED) is 0.345. The Morgan fingerprint density at radius 1 is 1.19 bits per heavy atom. The molecule has 0 saturated carbocycles. The van der Waals surface area contributed by atoms with E-state index in [4.69, 9.17) is 9.47 Å². The third-order valence-electron chi connectivity index (χ3n) is 2.55. The Bertz CT molecular complexity index is 520. The van der Waals surface area contributed by atoms with Crippen LogP contribution in [0.25, 0.3) is 0 Å². The maximum absolute atomic E-state index is 11.9. The van der Waals surface area contributed by atoms with Gasteiger partial charge in [-0.25, -0.2) is 14.6 Å². The van der Waals surface area contributed by atoms with Crippen LogP contribution in [-0.2, 0) is 19.1 Å². The fraction of sp³-hybridized carbons (Fsp3) is 0.400. The summed E-state index contributed by atoms with van der Waals surface area (Å²) in [7, 11) is 1.69. The predicted octanol–water partition coefficient (Wildman–Crippen LogP) is 1.84. The molecule has 114 valence electrons. The Kier molecular flexibility index (Phi) is 6.39. The van der Waals surface area contributed by atoms with E-state index in [0.717, 1.165) is 5.69 Å². The molecule has 0 aromatic carbocycles. The van der Waals surface area contributed by atoms with Gasteiger partial charge in [-0.2, -0.15) is 0 Å². The van der Waals surface area contributed by atoms with E-state index in [1.165, 1.54) is 6.20 Å². The summed E-state index contributed by atoms with van der Waals surface area (Å²) >= 11 is 0. The minimum atomic E-state index is -0.713. The molecule has 1 aromatic rings. The third kappa shape index (κ3) is 4.91. The second-order valence-electron chi connectivity index (χ2n) is 4.23. The first-order valence-corrected chi connectivity index (χ1v) is 6.72. The lowest BCUT2D eigenvalue weighted by atomic mass is 10.3. The maximum Gasteiger partial charge on any atom is 0.347 e. The Morgan fingerprint density at radius 2 is 1.76 bits per heavy atom. The van der Waals surface area contributed by atoms with E-state index in [9.17, 15) is 9.59 Å². The van der Waals surface area contributed by atoms with Gasteiger partial charge < -0.3 is 14.4 Å². The van der Waals surface area contributed by atoms with Gasteiger partial charge in [-0.3, -0.25) is 0 Å². The van der Waals surface area contributed by atoms with Crippen LogP contribution in [0.2, 0.25) is 0 Å². The highest BCUT2D eigenvalue weighted by Gasteiger charge is 2.22. The van der Waals surface area contributed by atoms with Crippen molar-refractivity contribution < 1.29 is 19.1 Å². The van der Waals surface area contributed by atoms with Crippen molar-refractivity contribution in [2.45, 2.75) is 20.8 Å². The molecule has 6 nitrogen and oxygen atoms in total. The maximum atomic E-state index is 11.9. The van der Waals surface area contributed by atoms with Crippen molar-refractivity contribution in [3.05, 3.63) is 35.7 Å². The van der Waals surface area contributed by atoms with Crippen LogP contribution < -0.4 is 4.90 Å². The smallest absolute Gasteiger partial charge is 0.347 e. The van der Waals surface area contributed by atoms with Gasteiger partial charge in [0.1, 0.15) is 5.82 Å². The first kappa shape index (κ1) is 16.7. The Balaban J connectivity index is 3.05. The number of aromatic nitrogens is 1. The molecule has 6 heteroatoms. The van der Waals surface area contributed by atoms with Gasteiger partial charge in [-0.05, 0) is 32.9 Å². The van der Waals surface area contributed by atoms with Crippen molar-refractivity contribution in [3.8, 4) is 0 Å². The predicted molar refractivity (Wildman–Crippen MR) is 78.7 cm³/mol. The minimum Gasteiger partial charge on any atom is -0.462 e. The molecule has 0 atom stereocenters. The number of rotatable bonds is 6. The van der Waals surface area contributed by atoms with Crippen LogP contribution in [0.4, 0.5) is 5.82 Å². The molecule has 0 radical (unpaired) electrons. The topological polar surface area (TPSA) is 68.7 Å². The van der Waals surface area contributed by atoms with Crippen molar-refractivity contribution >= 4 is 17.8 Å². The van der Waals surface area contributed by atoms with Crippen LogP contribution in [0.5, 0.6) is 0 Å². The average Bonchev–Trinajstić information content (AvgIpc) is 2.44. The van der Waals surface area contributed by atoms with Crippen molar-refractivity contribution in [1.82, 2.24) is 4.98 Å². The molecule has 0 fully saturated rings. The van der Waals surface area contributed by atoms with Crippen molar-refractivity contribution in [3.63, 3.8) is 0 Å². The number of pyridine rings is 1. The molecule has 0 aliphatic rings. The van der Waals surface area contributed by atoms with Gasteiger partial charge in [0.15, 0.2) is 5.57 Å². The number of nitrogens with zero attached hydrogens (tertiary/aromatic N) is 2. The largest absolute Gasteiger partial charge is 0.462 e. The molecule has 0 aliphatic carbocycles. The van der Waals surface area contributed by atoms with E-state index >= 15 is 0 Å². The number of aryl methyl sites for hydroxylation is 1. The molecule has 0 aliphatic heterocycles. The summed E-state index contributed by atoms with van der Waals surface area (Å²) < 4.78 is 9.75. The summed E-state index contributed by atoms with van der Waals surface area (Å²) in [5.74, 6) is -0.813. The highest BCUT2D eigenvalue weighted by molar-refractivity contribution is 6.14. The monoisotopic (exact) mass is 292 g/mol. The van der Waals surface area contributed by atoms with Gasteiger partial charge in [0, 0.05) is 18.9 Å². The third-order valence-corrected chi connectivity index (χ3v) is 2.55. The summed E-state index contributed by atoms with van der Waals surface area (Å²) in [6.45, 7) is 5.57. The van der Waals surface area contributed by atoms with Crippen LogP contribution in [0.15, 0.2) is 30.0 Å². The Hall–Kier alpha value is -2.37. The summed E-state index contributed by atoms with van der Waals surface area (Å²) in [6, 6.07) is 5.48. The highest BCUT2D eigenvalue weighted by Crippen LogP contribution is 2.12. The van der Waals surface area contributed by atoms with Crippen molar-refractivity contribution in [1.29, 1.82) is 0 Å². The second kappa shape index (κ2) is 8.04. The van der Waals surface area contributed by atoms with Crippen molar-refractivity contribution in [2.75, 3.05) is 25.2 Å². The molecule has 0 N–H and O–H groups in total. The molecule has 0 spiro atoms. The Morgan fingerprint density at radius 3 is 2.24 bits per heavy atom. The fourth-order valence-corrected chi connectivity index (χ4v) is 1.59. The standard InChI is InChI=1S/C15H20N2O4/c1-5-20-14(18)12(15(19)21-6-2)10-17(4)13-9-7-8-11(3)16-13/h7-10H,5-6H2,1-4H3. The summed E-state index contributed by atoms with van der Waals surface area (Å²) in [4.78, 5) is 29.6. The minimum absolute atomic E-state index is 0.162. The van der Waals surface area contributed by atoms with Crippen molar-refractivity contribution in [2.24, 2.45) is 0 Å². The van der Waals surface area contributed by atoms with Crippen LogP contribution in [0, 0.1) is 6.92 Å². The number of carbonyl (C=O) groups is 2. The van der Waals surface area contributed by atoms with Crippen LogP contribution in [0.1, 0.15) is 19.5 Å². The van der Waals surface area contributed by atoms with E-state index in [2.05, 4.69) is 4.98 Å². The second-order valence-corrected chi connectivity index (χ2v) is 4.23. The lowest BCUT2D eigenvalue weighted by Gasteiger charge is -2.15. The van der Waals surface area contributed by atoms with Crippen LogP contribution >= 0.6 is 0 Å². The van der Waals surface area contributed by atoms with Gasteiger partial charge >= 0.3 is 11.9 Å². The van der Waals surface area contributed by atoms with E-state index in [1.54, 1.807) is 31.9 Å². The summed E-state index contributed by atoms with van der Waals surface area (Å²) in [5, 5.41) is 0. The lowest BCUT2D eigenvalue weighted by Crippen LogP contribution is -2.22. The van der Waals surface area contributed by atoms with E-state index in [-0.39, 0.29) is 18.8 Å². The first-order chi connectivity index (χ1) is 9.99. The number of carbonyl (C=O) groups excluding carboxylic acids is 2. The van der Waals surface area contributed by atoms with Gasteiger partial charge in [0.2, 0.25) is 0 Å². The number of hydrogen-bond donors (Lipinski definition) is 0. The molecular formula is C15H20N2O4. The number of esters is 2. The molecule has 1 rings (SSSR count). The SMILES string of the molecule is CCOC(=O)C(=CN(C)c1cccc(C)n1)C(=O)OCC. The summed E-state index contributed by atoms with van der Waals surface area (Å²) in [6.07, 6.45) is 1.37. The zero-order valence-electron chi connectivity index (χ0n) is 12.8. The normalized spacial score (nSPS) is 9.71. The Labute approximate surface area is 124 Å². The van der Waals surface area contributed by atoms with E-state index in [0.29, 0.717) is 5.82 Å². The van der Waals surface area contributed by atoms with E-state index in [1.807, 2.05) is 19.1 Å². The number of ether oxygens (including phenoxy) is 2. The van der Waals surface area contributed by atoms with Gasteiger partial charge in [-0.1, -0.05) is 6.07 Å². The highest BCUT2D eigenvalue weighted by atomic mass is 16.6. The molecule has 1 heterocycles. The van der Waals surface area contributed by atoms with Gasteiger partial charge in [0.05, 0.1) is 13.2 Å². The summed E-state index contributed by atoms with van der Waals surface area (Å²) in [5.41, 5.74) is 0.672. The molecule has 0 unspecified atom stereocenters. The van der Waals surface area contributed by atoms with Gasteiger partial charge in [-0.15, -0.1) is 0 Å². The average molecular weight is 292 g/mol. The molecule has 0 amide bonds. The molecule has 0 saturated heterocycles. The molecule has 21 heavy (non-hydrogen) atoms. The number of anilines is 1. The fourth-order valence-electron chi connectivity index (χ4n) is 1.59. The first-order valence-electron chi connectivity index (χ1n) is 6.72.